The largest absolute Gasteiger partial charge is 0.495 e. The molecule has 1 atom stereocenters. The molecular weight excluding hydrogens is 556 g/mol. The van der Waals surface area contributed by atoms with E-state index in [0.717, 1.165) is 16.5 Å². The molecule has 10 heteroatoms. The number of oxazole rings is 1. The lowest BCUT2D eigenvalue weighted by molar-refractivity contribution is -0.122. The number of aryl methyl sites for hydroxylation is 1. The summed E-state index contributed by atoms with van der Waals surface area (Å²) < 4.78 is 20.4. The molecule has 218 valence electrons. The highest BCUT2D eigenvalue weighted by molar-refractivity contribution is 6.31. The maximum Gasteiger partial charge on any atom is 0.252 e. The van der Waals surface area contributed by atoms with Crippen molar-refractivity contribution in [1.29, 1.82) is 0 Å². The monoisotopic (exact) mass is 588 g/mol. The van der Waals surface area contributed by atoms with Crippen LogP contribution in [0.2, 0.25) is 5.02 Å². The van der Waals surface area contributed by atoms with Crippen LogP contribution in [0.3, 0.4) is 0 Å². The molecule has 42 heavy (non-hydrogen) atoms. The number of rotatable bonds is 10. The molecule has 0 aliphatic heterocycles. The van der Waals surface area contributed by atoms with Crippen molar-refractivity contribution >= 4 is 28.3 Å². The van der Waals surface area contributed by atoms with Crippen molar-refractivity contribution in [3.05, 3.63) is 88.4 Å². The Morgan fingerprint density at radius 1 is 1.07 bits per heavy atom. The minimum Gasteiger partial charge on any atom is -0.495 e. The van der Waals surface area contributed by atoms with Gasteiger partial charge in [0, 0.05) is 53.9 Å². The molecular formula is C32H33ClN4O5. The molecule has 0 spiro atoms. The summed E-state index contributed by atoms with van der Waals surface area (Å²) in [6.07, 6.45) is 6.89. The lowest BCUT2D eigenvalue weighted by Crippen LogP contribution is -2.32. The number of fused-ring (bicyclic) bond motifs is 1. The number of pyridine rings is 1. The van der Waals surface area contributed by atoms with Crippen molar-refractivity contribution in [3.63, 3.8) is 0 Å². The first-order valence-corrected chi connectivity index (χ1v) is 14.0. The van der Waals surface area contributed by atoms with E-state index in [0.29, 0.717) is 46.3 Å². The molecule has 1 unspecified atom stereocenters. The Labute approximate surface area is 248 Å². The van der Waals surface area contributed by atoms with Gasteiger partial charge in [-0.1, -0.05) is 17.7 Å². The van der Waals surface area contributed by atoms with Crippen LogP contribution in [0.5, 0.6) is 5.75 Å². The summed E-state index contributed by atoms with van der Waals surface area (Å²) in [7, 11) is 3.38. The fourth-order valence-electron chi connectivity index (χ4n) is 5.01. The van der Waals surface area contributed by atoms with Crippen molar-refractivity contribution in [2.45, 2.75) is 45.3 Å². The van der Waals surface area contributed by atoms with E-state index in [-0.39, 0.29) is 17.8 Å². The van der Waals surface area contributed by atoms with Crippen molar-refractivity contribution in [2.24, 2.45) is 7.05 Å². The van der Waals surface area contributed by atoms with Gasteiger partial charge in [-0.25, -0.2) is 4.98 Å². The third-order valence-electron chi connectivity index (χ3n) is 6.93. The Morgan fingerprint density at radius 3 is 2.60 bits per heavy atom. The highest BCUT2D eigenvalue weighted by atomic mass is 35.5. The Balaban J connectivity index is 1.54. The van der Waals surface area contributed by atoms with Gasteiger partial charge < -0.3 is 18.5 Å². The topological polar surface area (TPSA) is 101 Å². The molecule has 2 aromatic carbocycles. The van der Waals surface area contributed by atoms with Crippen molar-refractivity contribution < 1.29 is 18.7 Å². The van der Waals surface area contributed by atoms with Crippen LogP contribution < -0.4 is 10.3 Å². The molecule has 9 nitrogen and oxygen atoms in total. The van der Waals surface area contributed by atoms with Crippen LogP contribution in [-0.2, 0) is 23.0 Å². The van der Waals surface area contributed by atoms with E-state index in [1.807, 2.05) is 52.2 Å². The molecule has 0 saturated heterocycles. The van der Waals surface area contributed by atoms with Crippen LogP contribution in [0.15, 0.2) is 76.7 Å². The van der Waals surface area contributed by atoms with Gasteiger partial charge in [-0.3, -0.25) is 14.3 Å². The number of Topliss-reactive ketones (excluding diaryl/α,β-unsaturated/α-hetero) is 1. The van der Waals surface area contributed by atoms with Gasteiger partial charge in [0.05, 0.1) is 36.7 Å². The maximum atomic E-state index is 13.9. The van der Waals surface area contributed by atoms with Gasteiger partial charge in [-0.15, -0.1) is 0 Å². The van der Waals surface area contributed by atoms with E-state index in [1.54, 1.807) is 35.3 Å². The number of ether oxygens (including phenoxy) is 2. The number of aromatic nitrogens is 4. The number of benzene rings is 2. The SMILES string of the molecule is COc1cn(C(CCOC(C)(C)C)C(=O)Cc2ccc3nn(C)cc3c2)c(=O)cc1-c1cc(Cl)ccc1-c1cnco1. The Morgan fingerprint density at radius 2 is 1.88 bits per heavy atom. The van der Waals surface area contributed by atoms with Gasteiger partial charge in [0.1, 0.15) is 5.75 Å². The first-order chi connectivity index (χ1) is 20.0. The molecule has 0 aliphatic rings. The summed E-state index contributed by atoms with van der Waals surface area (Å²) in [6, 6.07) is 11.7. The first-order valence-electron chi connectivity index (χ1n) is 13.6. The fourth-order valence-corrected chi connectivity index (χ4v) is 5.18. The highest BCUT2D eigenvalue weighted by Gasteiger charge is 2.25. The second-order valence-corrected chi connectivity index (χ2v) is 11.6. The zero-order valence-electron chi connectivity index (χ0n) is 24.3. The van der Waals surface area contributed by atoms with E-state index >= 15 is 0 Å². The number of carbonyl (C=O) groups excluding carboxylic acids is 1. The lowest BCUT2D eigenvalue weighted by atomic mass is 9.97. The quantitative estimate of drug-likeness (QED) is 0.189. The van der Waals surface area contributed by atoms with Crippen molar-refractivity contribution in [3.8, 4) is 28.2 Å². The van der Waals surface area contributed by atoms with E-state index < -0.39 is 11.6 Å². The van der Waals surface area contributed by atoms with Crippen LogP contribution >= 0.6 is 11.6 Å². The average molecular weight is 589 g/mol. The molecule has 0 bridgehead atoms. The van der Waals surface area contributed by atoms with Gasteiger partial charge in [0.2, 0.25) is 0 Å². The highest BCUT2D eigenvalue weighted by Crippen LogP contribution is 2.38. The molecule has 5 aromatic rings. The minimum atomic E-state index is -0.777. The molecule has 5 rings (SSSR count). The first kappa shape index (κ1) is 29.3. The Hall–Kier alpha value is -4.21. The minimum absolute atomic E-state index is 0.113. The van der Waals surface area contributed by atoms with Crippen LogP contribution in [0.25, 0.3) is 33.4 Å². The predicted molar refractivity (Wildman–Crippen MR) is 162 cm³/mol. The second kappa shape index (κ2) is 12.0. The Kier molecular flexibility index (Phi) is 8.34. The van der Waals surface area contributed by atoms with Crippen molar-refractivity contribution in [1.82, 2.24) is 19.3 Å². The molecule has 3 heterocycles. The van der Waals surface area contributed by atoms with E-state index in [1.165, 1.54) is 24.1 Å². The summed E-state index contributed by atoms with van der Waals surface area (Å²) in [6.45, 7) is 6.15. The molecule has 0 amide bonds. The summed E-state index contributed by atoms with van der Waals surface area (Å²) in [5.41, 5.74) is 2.81. The van der Waals surface area contributed by atoms with Gasteiger partial charge in [0.25, 0.3) is 5.56 Å². The van der Waals surface area contributed by atoms with Crippen LogP contribution in [-0.4, -0.2) is 44.4 Å². The standard InChI is InChI=1S/C32H33ClN4O5/c1-32(2,3)42-11-10-27(28(38)13-20-6-9-26-21(12-20)17-36(4)35-26)37-18-30(40-5)25(15-31(37)39)24-14-22(33)7-8-23(24)29-16-34-19-41-29/h6-9,12,14-19,27H,10-11,13H2,1-5H3. The zero-order chi connectivity index (χ0) is 30.0. The van der Waals surface area contributed by atoms with Gasteiger partial charge >= 0.3 is 0 Å². The third-order valence-corrected chi connectivity index (χ3v) is 7.16. The normalized spacial score (nSPS) is 12.5. The van der Waals surface area contributed by atoms with E-state index in [9.17, 15) is 9.59 Å². The van der Waals surface area contributed by atoms with Crippen molar-refractivity contribution in [2.75, 3.05) is 13.7 Å². The molecule has 0 saturated carbocycles. The van der Waals surface area contributed by atoms with Gasteiger partial charge in [-0.05, 0) is 68.7 Å². The third kappa shape index (κ3) is 6.48. The molecule has 0 radical (unpaired) electrons. The number of ketones is 1. The number of methoxy groups -OCH3 is 1. The molecule has 3 aromatic heterocycles. The number of carbonyl (C=O) groups is 1. The lowest BCUT2D eigenvalue weighted by Gasteiger charge is -2.24. The van der Waals surface area contributed by atoms with Crippen LogP contribution in [0.1, 0.15) is 38.8 Å². The van der Waals surface area contributed by atoms with Gasteiger partial charge in [-0.2, -0.15) is 5.10 Å². The van der Waals surface area contributed by atoms with Gasteiger partial charge in [0.15, 0.2) is 17.9 Å². The van der Waals surface area contributed by atoms with E-state index in [2.05, 4.69) is 10.1 Å². The van der Waals surface area contributed by atoms with Crippen LogP contribution in [0, 0.1) is 0 Å². The van der Waals surface area contributed by atoms with E-state index in [4.69, 9.17) is 25.5 Å². The number of halogens is 1. The van der Waals surface area contributed by atoms with Crippen LogP contribution in [0.4, 0.5) is 0 Å². The summed E-state index contributed by atoms with van der Waals surface area (Å²) in [4.78, 5) is 31.6. The summed E-state index contributed by atoms with van der Waals surface area (Å²) >= 11 is 6.36. The molecule has 0 fully saturated rings. The molecule has 0 aliphatic carbocycles. The number of hydrogen-bond acceptors (Lipinski definition) is 7. The number of hydrogen-bond donors (Lipinski definition) is 0. The fraction of sp³-hybridized carbons (Fsp3) is 0.312. The Bertz CT molecular complexity index is 1780. The smallest absolute Gasteiger partial charge is 0.252 e. The predicted octanol–water partition coefficient (Wildman–Crippen LogP) is 6.28. The average Bonchev–Trinajstić information content (AvgIpc) is 3.59. The zero-order valence-corrected chi connectivity index (χ0v) is 25.0. The second-order valence-electron chi connectivity index (χ2n) is 11.2. The summed E-state index contributed by atoms with van der Waals surface area (Å²) in [5.74, 6) is 0.813. The number of nitrogens with zero attached hydrogens (tertiary/aromatic N) is 4. The summed E-state index contributed by atoms with van der Waals surface area (Å²) in [5, 5.41) is 5.84. The molecule has 0 N–H and O–H groups in total. The maximum absolute atomic E-state index is 13.9.